The van der Waals surface area contributed by atoms with Crippen molar-refractivity contribution in [3.8, 4) is 5.75 Å². The van der Waals surface area contributed by atoms with Crippen molar-refractivity contribution < 1.29 is 9.90 Å². The monoisotopic (exact) mass is 335 g/mol. The fourth-order valence-electron chi connectivity index (χ4n) is 1.46. The number of H-pyrrole nitrogens is 2. The molecule has 2 rings (SSSR count). The number of aromatic hydroxyl groups is 1. The van der Waals surface area contributed by atoms with Crippen molar-refractivity contribution in [3.05, 3.63) is 50.7 Å². The molecule has 0 radical (unpaired) electrons. The number of rotatable bonds is 5. The molecule has 0 saturated heterocycles. The first-order chi connectivity index (χ1) is 11.0. The van der Waals surface area contributed by atoms with Crippen molar-refractivity contribution in [2.45, 2.75) is 17.2 Å². The number of aromatic amines is 2. The lowest BCUT2D eigenvalue weighted by molar-refractivity contribution is -0.120. The Bertz CT molecular complexity index is 827. The van der Waals surface area contributed by atoms with Crippen molar-refractivity contribution in [1.29, 1.82) is 0 Å². The van der Waals surface area contributed by atoms with Crippen molar-refractivity contribution in [1.82, 2.24) is 20.6 Å². The highest BCUT2D eigenvalue weighted by atomic mass is 32.2. The highest BCUT2D eigenvalue weighted by molar-refractivity contribution is 8.00. The molecule has 1 heterocycles. The van der Waals surface area contributed by atoms with Gasteiger partial charge in [0.05, 0.1) is 11.5 Å². The van der Waals surface area contributed by atoms with Gasteiger partial charge in [-0.3, -0.25) is 14.6 Å². The second-order valence-electron chi connectivity index (χ2n) is 4.40. The Kier molecular flexibility index (Phi) is 5.31. The van der Waals surface area contributed by atoms with Crippen LogP contribution in [-0.4, -0.2) is 37.7 Å². The van der Waals surface area contributed by atoms with Crippen LogP contribution < -0.4 is 16.7 Å². The van der Waals surface area contributed by atoms with E-state index in [9.17, 15) is 14.4 Å². The van der Waals surface area contributed by atoms with Gasteiger partial charge in [-0.1, -0.05) is 11.8 Å². The van der Waals surface area contributed by atoms with Gasteiger partial charge in [0, 0.05) is 0 Å². The Hall–Kier alpha value is -2.88. The Balaban J connectivity index is 1.93. The standard InChI is InChI=1S/C13H13N5O4S/c1-7(23-12-11(21)15-13(22)18-17-12)10(20)16-14-6-8-2-4-9(19)5-3-8/h2-7,19H,1H3,(H,16,20)(H2,15,18,21,22)/b14-6+. The number of aromatic nitrogens is 3. The van der Waals surface area contributed by atoms with Crippen LogP contribution in [0.4, 0.5) is 0 Å². The van der Waals surface area contributed by atoms with Gasteiger partial charge in [0.1, 0.15) is 5.75 Å². The molecule has 0 aliphatic heterocycles. The number of nitrogens with zero attached hydrogens (tertiary/aromatic N) is 2. The van der Waals surface area contributed by atoms with Gasteiger partial charge in [0.25, 0.3) is 11.5 Å². The number of thioether (sulfide) groups is 1. The summed E-state index contributed by atoms with van der Waals surface area (Å²) in [7, 11) is 0. The maximum Gasteiger partial charge on any atom is 0.342 e. The number of hydrogen-bond acceptors (Lipinski definition) is 7. The smallest absolute Gasteiger partial charge is 0.342 e. The van der Waals surface area contributed by atoms with Gasteiger partial charge in [-0.15, -0.1) is 0 Å². The maximum absolute atomic E-state index is 11.9. The number of hydrogen-bond donors (Lipinski definition) is 4. The summed E-state index contributed by atoms with van der Waals surface area (Å²) in [6.07, 6.45) is 1.42. The Morgan fingerprint density at radius 2 is 2.09 bits per heavy atom. The molecule has 0 fully saturated rings. The van der Waals surface area contributed by atoms with Crippen molar-refractivity contribution >= 4 is 23.9 Å². The highest BCUT2D eigenvalue weighted by Gasteiger charge is 2.16. The predicted molar refractivity (Wildman–Crippen MR) is 84.6 cm³/mol. The quantitative estimate of drug-likeness (QED) is 0.339. The van der Waals surface area contributed by atoms with Crippen LogP contribution in [0, 0.1) is 0 Å². The molecule has 4 N–H and O–H groups in total. The summed E-state index contributed by atoms with van der Waals surface area (Å²) in [5.74, 6) is -0.299. The summed E-state index contributed by atoms with van der Waals surface area (Å²) < 4.78 is 0. The first-order valence-corrected chi connectivity index (χ1v) is 7.31. The minimum absolute atomic E-state index is 0.0187. The van der Waals surface area contributed by atoms with E-state index in [1.807, 2.05) is 4.98 Å². The number of phenolic OH excluding ortho intramolecular Hbond substituents is 1. The summed E-state index contributed by atoms with van der Waals surface area (Å²) in [4.78, 5) is 36.2. The van der Waals surface area contributed by atoms with Crippen LogP contribution in [0.15, 0.2) is 44.0 Å². The van der Waals surface area contributed by atoms with Crippen LogP contribution in [0.1, 0.15) is 12.5 Å². The number of carbonyl (C=O) groups is 1. The first kappa shape index (κ1) is 16.5. The summed E-state index contributed by atoms with van der Waals surface area (Å²) >= 11 is 0.891. The topological polar surface area (TPSA) is 140 Å². The van der Waals surface area contributed by atoms with Gasteiger partial charge in [-0.2, -0.15) is 10.2 Å². The summed E-state index contributed by atoms with van der Waals surface area (Å²) in [6.45, 7) is 1.57. The third kappa shape index (κ3) is 4.81. The number of carbonyl (C=O) groups excluding carboxylic acids is 1. The van der Waals surface area contributed by atoms with Gasteiger partial charge >= 0.3 is 5.69 Å². The van der Waals surface area contributed by atoms with Crippen LogP contribution in [0.3, 0.4) is 0 Å². The lowest BCUT2D eigenvalue weighted by Gasteiger charge is -2.07. The van der Waals surface area contributed by atoms with E-state index >= 15 is 0 Å². The number of phenols is 1. The largest absolute Gasteiger partial charge is 0.508 e. The van der Waals surface area contributed by atoms with Crippen molar-refractivity contribution in [3.63, 3.8) is 0 Å². The number of amides is 1. The first-order valence-electron chi connectivity index (χ1n) is 6.43. The zero-order valence-corrected chi connectivity index (χ0v) is 12.8. The lowest BCUT2D eigenvalue weighted by Crippen LogP contribution is -2.30. The Morgan fingerprint density at radius 3 is 2.74 bits per heavy atom. The second kappa shape index (κ2) is 7.40. The molecule has 0 saturated carbocycles. The average molecular weight is 335 g/mol. The SMILES string of the molecule is CC(Sc1n[nH]c(=O)[nH]c1=O)C(=O)N/N=C/c1ccc(O)cc1. The van der Waals surface area contributed by atoms with E-state index in [0.29, 0.717) is 5.56 Å². The minimum atomic E-state index is -0.713. The number of benzene rings is 1. The Morgan fingerprint density at radius 1 is 1.39 bits per heavy atom. The molecule has 0 bridgehead atoms. The zero-order valence-electron chi connectivity index (χ0n) is 11.9. The minimum Gasteiger partial charge on any atom is -0.508 e. The molecule has 1 aromatic carbocycles. The van der Waals surface area contributed by atoms with Crippen LogP contribution in [0.2, 0.25) is 0 Å². The van der Waals surface area contributed by atoms with Gasteiger partial charge in [-0.25, -0.2) is 15.3 Å². The zero-order chi connectivity index (χ0) is 16.8. The Labute approximate surface area is 133 Å². The fraction of sp³-hybridized carbons (Fsp3) is 0.154. The summed E-state index contributed by atoms with van der Waals surface area (Å²) in [6, 6.07) is 6.26. The van der Waals surface area contributed by atoms with Crippen LogP contribution >= 0.6 is 11.8 Å². The number of hydrazone groups is 1. The molecule has 0 aliphatic rings. The molecular formula is C13H13N5O4S. The molecule has 1 atom stereocenters. The molecule has 1 amide bonds. The van der Waals surface area contributed by atoms with Crippen LogP contribution in [0.25, 0.3) is 0 Å². The van der Waals surface area contributed by atoms with Gasteiger partial charge < -0.3 is 5.11 Å². The molecule has 1 aromatic heterocycles. The average Bonchev–Trinajstić information content (AvgIpc) is 2.51. The highest BCUT2D eigenvalue weighted by Crippen LogP contribution is 2.16. The molecule has 1 unspecified atom stereocenters. The fourth-order valence-corrected chi connectivity index (χ4v) is 2.21. The van der Waals surface area contributed by atoms with Crippen molar-refractivity contribution in [2.24, 2.45) is 5.10 Å². The molecule has 0 aliphatic carbocycles. The normalized spacial score (nSPS) is 12.2. The van der Waals surface area contributed by atoms with E-state index in [2.05, 4.69) is 20.7 Å². The van der Waals surface area contributed by atoms with E-state index in [0.717, 1.165) is 11.8 Å². The van der Waals surface area contributed by atoms with Gasteiger partial charge in [0.2, 0.25) is 0 Å². The van der Waals surface area contributed by atoms with Crippen molar-refractivity contribution in [2.75, 3.05) is 0 Å². The lowest BCUT2D eigenvalue weighted by atomic mass is 10.2. The molecule has 10 heteroatoms. The third-order valence-electron chi connectivity index (χ3n) is 2.62. The second-order valence-corrected chi connectivity index (χ2v) is 5.73. The van der Waals surface area contributed by atoms with E-state index in [1.165, 1.54) is 18.3 Å². The van der Waals surface area contributed by atoms with E-state index in [4.69, 9.17) is 5.11 Å². The van der Waals surface area contributed by atoms with Gasteiger partial charge in [-0.05, 0) is 36.8 Å². The molecule has 23 heavy (non-hydrogen) atoms. The number of nitrogens with one attached hydrogen (secondary N) is 3. The third-order valence-corrected chi connectivity index (χ3v) is 3.69. The maximum atomic E-state index is 11.9. The van der Waals surface area contributed by atoms with E-state index in [-0.39, 0.29) is 10.8 Å². The summed E-state index contributed by atoms with van der Waals surface area (Å²) in [5, 5.41) is 17.9. The molecule has 120 valence electrons. The van der Waals surface area contributed by atoms with Crippen LogP contribution in [0.5, 0.6) is 5.75 Å². The van der Waals surface area contributed by atoms with E-state index < -0.39 is 22.4 Å². The molecule has 2 aromatic rings. The van der Waals surface area contributed by atoms with E-state index in [1.54, 1.807) is 19.1 Å². The van der Waals surface area contributed by atoms with Crippen LogP contribution in [-0.2, 0) is 4.79 Å². The molecular weight excluding hydrogens is 322 g/mol. The molecule has 0 spiro atoms. The van der Waals surface area contributed by atoms with Gasteiger partial charge in [0.15, 0.2) is 5.03 Å². The molecule has 9 nitrogen and oxygen atoms in total. The summed E-state index contributed by atoms with van der Waals surface area (Å²) in [5.41, 5.74) is 1.65. The predicted octanol–water partition coefficient (Wildman–Crippen LogP) is -0.205.